The molecule has 0 unspecified atom stereocenters. The molecular formula is C16H17ClN4O2. The molecule has 1 aromatic heterocycles. The lowest BCUT2D eigenvalue weighted by molar-refractivity contribution is -0.115. The number of aromatic nitrogens is 1. The van der Waals surface area contributed by atoms with Crippen molar-refractivity contribution in [3.05, 3.63) is 58.7 Å². The van der Waals surface area contributed by atoms with Crippen molar-refractivity contribution in [3.63, 3.8) is 0 Å². The zero-order chi connectivity index (χ0) is 16.7. The topological polar surface area (TPSA) is 83.1 Å². The van der Waals surface area contributed by atoms with Crippen molar-refractivity contribution >= 4 is 29.4 Å². The molecule has 0 spiro atoms. The van der Waals surface area contributed by atoms with Crippen LogP contribution in [-0.2, 0) is 11.3 Å². The van der Waals surface area contributed by atoms with Crippen molar-refractivity contribution in [1.29, 1.82) is 0 Å². The summed E-state index contributed by atoms with van der Waals surface area (Å²) in [7, 11) is 0. The first-order chi connectivity index (χ1) is 11.0. The third-order valence-electron chi connectivity index (χ3n) is 2.95. The van der Waals surface area contributed by atoms with Crippen LogP contribution in [0.15, 0.2) is 42.6 Å². The van der Waals surface area contributed by atoms with Gasteiger partial charge in [-0.25, -0.2) is 9.78 Å². The van der Waals surface area contributed by atoms with Gasteiger partial charge in [0.2, 0.25) is 5.91 Å². The summed E-state index contributed by atoms with van der Waals surface area (Å²) in [4.78, 5) is 27.4. The molecule has 1 heterocycles. The summed E-state index contributed by atoms with van der Waals surface area (Å²) >= 11 is 5.78. The van der Waals surface area contributed by atoms with E-state index in [1.54, 1.807) is 24.4 Å². The van der Waals surface area contributed by atoms with E-state index in [0.29, 0.717) is 17.4 Å². The number of carbonyl (C=O) groups is 2. The second kappa shape index (κ2) is 8.14. The van der Waals surface area contributed by atoms with Gasteiger partial charge in [0.1, 0.15) is 5.82 Å². The molecule has 1 aromatic carbocycles. The van der Waals surface area contributed by atoms with Crippen molar-refractivity contribution < 1.29 is 9.59 Å². The maximum absolute atomic E-state index is 11.7. The summed E-state index contributed by atoms with van der Waals surface area (Å²) in [5, 5.41) is 8.37. The summed E-state index contributed by atoms with van der Waals surface area (Å²) in [6.45, 7) is 2.12. The number of halogens is 1. The molecule has 0 saturated carbocycles. The number of rotatable bonds is 5. The Morgan fingerprint density at radius 2 is 1.83 bits per heavy atom. The smallest absolute Gasteiger partial charge is 0.315 e. The van der Waals surface area contributed by atoms with E-state index < -0.39 is 6.03 Å². The highest BCUT2D eigenvalue weighted by Crippen LogP contribution is 2.09. The fraction of sp³-hybridized carbons (Fsp3) is 0.188. The molecule has 23 heavy (non-hydrogen) atoms. The Kier molecular flexibility index (Phi) is 5.94. The zero-order valence-corrected chi connectivity index (χ0v) is 13.4. The summed E-state index contributed by atoms with van der Waals surface area (Å²) in [6, 6.07) is 10.3. The first-order valence-electron chi connectivity index (χ1n) is 7.01. The van der Waals surface area contributed by atoms with Gasteiger partial charge in [0.15, 0.2) is 0 Å². The minimum Gasteiger partial charge on any atom is -0.334 e. The maximum atomic E-state index is 11.7. The fourth-order valence-electron chi connectivity index (χ4n) is 1.74. The van der Waals surface area contributed by atoms with Crippen LogP contribution in [-0.4, -0.2) is 23.5 Å². The van der Waals surface area contributed by atoms with Crippen LogP contribution in [0.3, 0.4) is 0 Å². The van der Waals surface area contributed by atoms with E-state index in [-0.39, 0.29) is 12.5 Å². The monoisotopic (exact) mass is 332 g/mol. The number of carbonyl (C=O) groups excluding carboxylic acids is 2. The van der Waals surface area contributed by atoms with Gasteiger partial charge in [0.05, 0.1) is 6.54 Å². The number of hydrogen-bond acceptors (Lipinski definition) is 3. The van der Waals surface area contributed by atoms with Gasteiger partial charge in [-0.2, -0.15) is 0 Å². The number of hydrogen-bond donors (Lipinski definition) is 3. The third kappa shape index (κ3) is 5.96. The average molecular weight is 333 g/mol. The number of amides is 3. The molecule has 0 radical (unpaired) electrons. The molecule has 7 heteroatoms. The van der Waals surface area contributed by atoms with Gasteiger partial charge in [-0.05, 0) is 36.2 Å². The summed E-state index contributed by atoms with van der Waals surface area (Å²) < 4.78 is 0. The Balaban J connectivity index is 1.70. The van der Waals surface area contributed by atoms with Gasteiger partial charge in [-0.1, -0.05) is 29.8 Å². The minimum absolute atomic E-state index is 0.137. The normalized spacial score (nSPS) is 10.0. The van der Waals surface area contributed by atoms with E-state index in [2.05, 4.69) is 20.9 Å². The van der Waals surface area contributed by atoms with Crippen molar-refractivity contribution in [2.45, 2.75) is 13.5 Å². The van der Waals surface area contributed by atoms with Crippen LogP contribution in [0.2, 0.25) is 5.02 Å². The Labute approximate surface area is 139 Å². The molecule has 3 N–H and O–H groups in total. The van der Waals surface area contributed by atoms with E-state index in [1.807, 2.05) is 25.1 Å². The molecule has 0 bridgehead atoms. The van der Waals surface area contributed by atoms with Crippen LogP contribution < -0.4 is 16.0 Å². The van der Waals surface area contributed by atoms with Crippen molar-refractivity contribution in [1.82, 2.24) is 15.6 Å². The van der Waals surface area contributed by atoms with Crippen LogP contribution >= 0.6 is 11.6 Å². The number of benzene rings is 1. The first-order valence-corrected chi connectivity index (χ1v) is 7.39. The molecule has 0 saturated heterocycles. The zero-order valence-electron chi connectivity index (χ0n) is 12.6. The first kappa shape index (κ1) is 16.8. The second-order valence-corrected chi connectivity index (χ2v) is 5.37. The molecule has 2 aromatic rings. The number of nitrogens with zero attached hydrogens (tertiary/aromatic N) is 1. The SMILES string of the molecule is Cc1ccc(NC(=O)CNC(=O)NCc2ccc(Cl)cc2)nc1. The van der Waals surface area contributed by atoms with E-state index in [9.17, 15) is 9.59 Å². The van der Waals surface area contributed by atoms with Gasteiger partial charge in [-0.3, -0.25) is 4.79 Å². The fourth-order valence-corrected chi connectivity index (χ4v) is 1.86. The maximum Gasteiger partial charge on any atom is 0.315 e. The van der Waals surface area contributed by atoms with E-state index in [4.69, 9.17) is 11.6 Å². The van der Waals surface area contributed by atoms with Gasteiger partial charge in [-0.15, -0.1) is 0 Å². The van der Waals surface area contributed by atoms with Crippen molar-refractivity contribution in [2.75, 3.05) is 11.9 Å². The molecule has 0 aliphatic heterocycles. The summed E-state index contributed by atoms with van der Waals surface area (Å²) in [5.41, 5.74) is 1.92. The van der Waals surface area contributed by atoms with E-state index >= 15 is 0 Å². The Bertz CT molecular complexity index is 671. The standard InChI is InChI=1S/C16H17ClN4O2/c1-11-2-7-14(18-8-11)21-15(22)10-20-16(23)19-9-12-3-5-13(17)6-4-12/h2-8H,9-10H2,1H3,(H,18,21,22)(H2,19,20,23). The van der Waals surface area contributed by atoms with E-state index in [0.717, 1.165) is 11.1 Å². The molecule has 6 nitrogen and oxygen atoms in total. The molecular weight excluding hydrogens is 316 g/mol. The third-order valence-corrected chi connectivity index (χ3v) is 3.21. The van der Waals surface area contributed by atoms with Crippen molar-refractivity contribution in [3.8, 4) is 0 Å². The number of pyridine rings is 1. The second-order valence-electron chi connectivity index (χ2n) is 4.93. The van der Waals surface area contributed by atoms with Crippen LogP contribution in [0.25, 0.3) is 0 Å². The Hall–Kier alpha value is -2.60. The molecule has 2 rings (SSSR count). The Morgan fingerprint density at radius 3 is 2.48 bits per heavy atom. The van der Waals surface area contributed by atoms with Gasteiger partial charge >= 0.3 is 6.03 Å². The predicted octanol–water partition coefficient (Wildman–Crippen LogP) is 2.48. The molecule has 0 fully saturated rings. The van der Waals surface area contributed by atoms with Crippen LogP contribution in [0, 0.1) is 6.92 Å². The van der Waals surface area contributed by atoms with Crippen LogP contribution in [0.4, 0.5) is 10.6 Å². The number of aryl methyl sites for hydroxylation is 1. The minimum atomic E-state index is -0.424. The number of urea groups is 1. The quantitative estimate of drug-likeness (QED) is 0.786. The largest absolute Gasteiger partial charge is 0.334 e. The Morgan fingerprint density at radius 1 is 1.09 bits per heavy atom. The van der Waals surface area contributed by atoms with Gasteiger partial charge < -0.3 is 16.0 Å². The number of anilines is 1. The van der Waals surface area contributed by atoms with Crippen LogP contribution in [0.5, 0.6) is 0 Å². The highest BCUT2D eigenvalue weighted by Gasteiger charge is 2.06. The van der Waals surface area contributed by atoms with Crippen LogP contribution in [0.1, 0.15) is 11.1 Å². The highest BCUT2D eigenvalue weighted by molar-refractivity contribution is 6.30. The van der Waals surface area contributed by atoms with Gasteiger partial charge in [0.25, 0.3) is 0 Å². The molecule has 0 atom stereocenters. The van der Waals surface area contributed by atoms with Crippen molar-refractivity contribution in [2.24, 2.45) is 0 Å². The lowest BCUT2D eigenvalue weighted by Gasteiger charge is -2.08. The molecule has 0 aliphatic rings. The van der Waals surface area contributed by atoms with Gasteiger partial charge in [0, 0.05) is 17.8 Å². The average Bonchev–Trinajstić information content (AvgIpc) is 2.54. The van der Waals surface area contributed by atoms with E-state index in [1.165, 1.54) is 0 Å². The number of nitrogens with one attached hydrogen (secondary N) is 3. The summed E-state index contributed by atoms with van der Waals surface area (Å²) in [6.07, 6.45) is 1.65. The molecule has 0 aliphatic carbocycles. The molecule has 120 valence electrons. The molecule has 3 amide bonds. The summed E-state index contributed by atoms with van der Waals surface area (Å²) in [5.74, 6) is 0.104. The lowest BCUT2D eigenvalue weighted by atomic mass is 10.2. The predicted molar refractivity (Wildman–Crippen MR) is 89.3 cm³/mol. The lowest BCUT2D eigenvalue weighted by Crippen LogP contribution is -2.39. The highest BCUT2D eigenvalue weighted by atomic mass is 35.5.